The Kier molecular flexibility index (Phi) is 5.90. The standard InChI is InChI=1S/C16H13Cl2N3O3S/c1-25(23,24)21(15-5-3-2-4-11(15)9-19)10-16(22)20-12-6-7-13(17)14(18)8-12/h2-8H,10H2,1H3,(H,20,22). The third kappa shape index (κ3) is 4.86. The van der Waals surface area contributed by atoms with Crippen molar-refractivity contribution in [2.75, 3.05) is 22.4 Å². The van der Waals surface area contributed by atoms with Crippen LogP contribution in [0.1, 0.15) is 5.56 Å². The quantitative estimate of drug-likeness (QED) is 0.837. The monoisotopic (exact) mass is 397 g/mol. The molecule has 2 rings (SSSR count). The van der Waals surface area contributed by atoms with E-state index in [0.29, 0.717) is 10.7 Å². The number of hydrogen-bond donors (Lipinski definition) is 1. The number of halogens is 2. The predicted octanol–water partition coefficient (Wildman–Crippen LogP) is 3.27. The molecule has 0 atom stereocenters. The van der Waals surface area contributed by atoms with E-state index >= 15 is 0 Å². The highest BCUT2D eigenvalue weighted by atomic mass is 35.5. The van der Waals surface area contributed by atoms with Gasteiger partial charge in [0.05, 0.1) is 27.6 Å². The highest BCUT2D eigenvalue weighted by Crippen LogP contribution is 2.25. The van der Waals surface area contributed by atoms with Crippen LogP contribution >= 0.6 is 23.2 Å². The Morgan fingerprint density at radius 1 is 1.20 bits per heavy atom. The Balaban J connectivity index is 2.27. The largest absolute Gasteiger partial charge is 0.324 e. The Labute approximate surface area is 155 Å². The number of sulfonamides is 1. The Morgan fingerprint density at radius 2 is 1.88 bits per heavy atom. The van der Waals surface area contributed by atoms with E-state index in [1.54, 1.807) is 18.2 Å². The van der Waals surface area contributed by atoms with Crippen molar-refractivity contribution in [2.45, 2.75) is 0 Å². The molecule has 2 aromatic carbocycles. The van der Waals surface area contributed by atoms with Gasteiger partial charge in [-0.15, -0.1) is 0 Å². The van der Waals surface area contributed by atoms with Crippen LogP contribution in [-0.2, 0) is 14.8 Å². The zero-order chi connectivity index (χ0) is 18.6. The molecule has 25 heavy (non-hydrogen) atoms. The topological polar surface area (TPSA) is 90.3 Å². The number of carbonyl (C=O) groups excluding carboxylic acids is 1. The molecule has 9 heteroatoms. The SMILES string of the molecule is CS(=O)(=O)N(CC(=O)Nc1ccc(Cl)c(Cl)c1)c1ccccc1C#N. The van der Waals surface area contributed by atoms with Gasteiger partial charge in [-0.1, -0.05) is 35.3 Å². The number of carbonyl (C=O) groups is 1. The summed E-state index contributed by atoms with van der Waals surface area (Å²) < 4.78 is 25.0. The van der Waals surface area contributed by atoms with E-state index in [1.807, 2.05) is 6.07 Å². The van der Waals surface area contributed by atoms with Gasteiger partial charge in [-0.3, -0.25) is 9.10 Å². The van der Waals surface area contributed by atoms with Gasteiger partial charge in [-0.25, -0.2) is 8.42 Å². The number of rotatable bonds is 5. The van der Waals surface area contributed by atoms with Crippen LogP contribution in [0.25, 0.3) is 0 Å². The second-order valence-electron chi connectivity index (χ2n) is 5.08. The molecule has 0 aliphatic rings. The summed E-state index contributed by atoms with van der Waals surface area (Å²) in [6.45, 7) is -0.488. The molecule has 0 bridgehead atoms. The normalized spacial score (nSPS) is 10.8. The van der Waals surface area contributed by atoms with Gasteiger partial charge in [0.2, 0.25) is 15.9 Å². The van der Waals surface area contributed by atoms with E-state index < -0.39 is 22.5 Å². The maximum absolute atomic E-state index is 12.3. The number of para-hydroxylation sites is 1. The van der Waals surface area contributed by atoms with Crippen LogP contribution in [0.5, 0.6) is 0 Å². The van der Waals surface area contributed by atoms with Crippen LogP contribution < -0.4 is 9.62 Å². The molecular formula is C16H13Cl2N3O3S. The summed E-state index contributed by atoms with van der Waals surface area (Å²) in [6, 6.07) is 12.6. The van der Waals surface area contributed by atoms with Gasteiger partial charge in [0, 0.05) is 5.69 Å². The second-order valence-corrected chi connectivity index (χ2v) is 7.80. The fourth-order valence-corrected chi connectivity index (χ4v) is 3.24. The van der Waals surface area contributed by atoms with Crippen LogP contribution in [0, 0.1) is 11.3 Å². The molecule has 0 saturated heterocycles. The molecule has 0 saturated carbocycles. The molecule has 1 amide bonds. The molecule has 0 fully saturated rings. The maximum Gasteiger partial charge on any atom is 0.245 e. The van der Waals surface area contributed by atoms with E-state index in [4.69, 9.17) is 28.5 Å². The summed E-state index contributed by atoms with van der Waals surface area (Å²) in [5, 5.41) is 12.3. The summed E-state index contributed by atoms with van der Waals surface area (Å²) in [7, 11) is -3.78. The number of nitrogens with zero attached hydrogens (tertiary/aromatic N) is 2. The van der Waals surface area contributed by atoms with Crippen LogP contribution in [0.2, 0.25) is 10.0 Å². The highest BCUT2D eigenvalue weighted by molar-refractivity contribution is 7.92. The Hall–Kier alpha value is -2.27. The lowest BCUT2D eigenvalue weighted by Gasteiger charge is -2.22. The summed E-state index contributed by atoms with van der Waals surface area (Å²) in [5.41, 5.74) is 0.661. The van der Waals surface area contributed by atoms with Crippen LogP contribution in [0.3, 0.4) is 0 Å². The summed E-state index contributed by atoms with van der Waals surface area (Å²) >= 11 is 11.7. The van der Waals surface area contributed by atoms with Gasteiger partial charge in [0.15, 0.2) is 0 Å². The average molecular weight is 398 g/mol. The summed E-state index contributed by atoms with van der Waals surface area (Å²) in [6.07, 6.45) is 0.966. The number of hydrogen-bond acceptors (Lipinski definition) is 4. The Bertz CT molecular complexity index is 955. The van der Waals surface area contributed by atoms with Crippen LogP contribution in [0.15, 0.2) is 42.5 Å². The Morgan fingerprint density at radius 3 is 2.48 bits per heavy atom. The number of nitriles is 1. The van der Waals surface area contributed by atoms with Gasteiger partial charge in [-0.2, -0.15) is 5.26 Å². The molecule has 130 valence electrons. The first-order valence-corrected chi connectivity index (χ1v) is 9.54. The average Bonchev–Trinajstić information content (AvgIpc) is 2.55. The van der Waals surface area contributed by atoms with Crippen molar-refractivity contribution in [2.24, 2.45) is 0 Å². The van der Waals surface area contributed by atoms with Crippen molar-refractivity contribution in [1.82, 2.24) is 0 Å². The molecule has 6 nitrogen and oxygen atoms in total. The van der Waals surface area contributed by atoms with E-state index in [0.717, 1.165) is 10.6 Å². The van der Waals surface area contributed by atoms with Crippen LogP contribution in [-0.4, -0.2) is 27.1 Å². The number of benzene rings is 2. The lowest BCUT2D eigenvalue weighted by Crippen LogP contribution is -2.37. The molecule has 0 aliphatic carbocycles. The zero-order valence-electron chi connectivity index (χ0n) is 13.0. The molecular weight excluding hydrogens is 385 g/mol. The fourth-order valence-electron chi connectivity index (χ4n) is 2.07. The number of anilines is 2. The highest BCUT2D eigenvalue weighted by Gasteiger charge is 2.23. The van der Waals surface area contributed by atoms with E-state index in [-0.39, 0.29) is 16.3 Å². The number of amides is 1. The van der Waals surface area contributed by atoms with E-state index in [9.17, 15) is 13.2 Å². The van der Waals surface area contributed by atoms with Gasteiger partial charge >= 0.3 is 0 Å². The van der Waals surface area contributed by atoms with Crippen molar-refractivity contribution >= 4 is 50.5 Å². The molecule has 0 heterocycles. The van der Waals surface area contributed by atoms with Crippen molar-refractivity contribution in [1.29, 1.82) is 5.26 Å². The first kappa shape index (κ1) is 19.1. The third-order valence-corrected chi connectivity index (χ3v) is 5.05. The molecule has 0 radical (unpaired) electrons. The van der Waals surface area contributed by atoms with E-state index in [2.05, 4.69) is 5.32 Å². The second kappa shape index (κ2) is 7.74. The molecule has 0 unspecified atom stereocenters. The predicted molar refractivity (Wildman–Crippen MR) is 98.4 cm³/mol. The van der Waals surface area contributed by atoms with E-state index in [1.165, 1.54) is 24.3 Å². The third-order valence-electron chi connectivity index (χ3n) is 3.18. The first-order valence-electron chi connectivity index (χ1n) is 6.94. The molecule has 0 aliphatic heterocycles. The molecule has 0 aromatic heterocycles. The van der Waals surface area contributed by atoms with Gasteiger partial charge < -0.3 is 5.32 Å². The lowest BCUT2D eigenvalue weighted by molar-refractivity contribution is -0.114. The molecule has 2 aromatic rings. The molecule has 0 spiro atoms. The lowest BCUT2D eigenvalue weighted by atomic mass is 10.2. The van der Waals surface area contributed by atoms with Crippen molar-refractivity contribution in [3.05, 3.63) is 58.1 Å². The minimum atomic E-state index is -3.78. The summed E-state index contributed by atoms with van der Waals surface area (Å²) in [5.74, 6) is -0.587. The first-order chi connectivity index (χ1) is 11.7. The zero-order valence-corrected chi connectivity index (χ0v) is 15.4. The van der Waals surface area contributed by atoms with Gasteiger partial charge in [0.1, 0.15) is 12.6 Å². The fraction of sp³-hybridized carbons (Fsp3) is 0.125. The number of nitrogens with one attached hydrogen (secondary N) is 1. The van der Waals surface area contributed by atoms with Crippen LogP contribution in [0.4, 0.5) is 11.4 Å². The maximum atomic E-state index is 12.3. The van der Waals surface area contributed by atoms with Gasteiger partial charge in [-0.05, 0) is 30.3 Å². The van der Waals surface area contributed by atoms with Gasteiger partial charge in [0.25, 0.3) is 0 Å². The molecule has 1 N–H and O–H groups in total. The smallest absolute Gasteiger partial charge is 0.245 e. The minimum Gasteiger partial charge on any atom is -0.324 e. The van der Waals surface area contributed by atoms with Crippen molar-refractivity contribution in [3.63, 3.8) is 0 Å². The minimum absolute atomic E-state index is 0.136. The summed E-state index contributed by atoms with van der Waals surface area (Å²) in [4.78, 5) is 12.3. The van der Waals surface area contributed by atoms with Crippen molar-refractivity contribution < 1.29 is 13.2 Å². The van der Waals surface area contributed by atoms with Crippen molar-refractivity contribution in [3.8, 4) is 6.07 Å².